The second-order valence-electron chi connectivity index (χ2n) is 11.5. The zero-order valence-electron chi connectivity index (χ0n) is 26.4. The minimum Gasteiger partial charge on any atom is -0.508 e. The van der Waals surface area contributed by atoms with Crippen molar-refractivity contribution in [1.29, 1.82) is 0 Å². The molecule has 0 aliphatic carbocycles. The molecule has 12 nitrogen and oxygen atoms in total. The molecular weight excluding hydrogens is 664 g/mol. The van der Waals surface area contributed by atoms with Crippen molar-refractivity contribution in [2.24, 2.45) is 0 Å². The summed E-state index contributed by atoms with van der Waals surface area (Å²) in [5.41, 5.74) is 1.20. The van der Waals surface area contributed by atoms with E-state index in [0.29, 0.717) is 29.6 Å². The lowest BCUT2D eigenvalue weighted by Gasteiger charge is -2.27. The maximum atomic E-state index is 13.0. The number of carbonyl (C=O) groups excluding carboxylic acids is 4. The number of phenols is 2. The van der Waals surface area contributed by atoms with Crippen molar-refractivity contribution < 1.29 is 48.3 Å². The molecule has 0 radical (unpaired) electrons. The molecule has 254 valence electrons. The van der Waals surface area contributed by atoms with Crippen LogP contribution in [0.1, 0.15) is 33.6 Å². The van der Waals surface area contributed by atoms with E-state index in [1.165, 1.54) is 23.5 Å². The minimum atomic E-state index is -1.03. The highest BCUT2D eigenvalue weighted by atomic mass is 32.1. The van der Waals surface area contributed by atoms with Crippen molar-refractivity contribution in [1.82, 2.24) is 10.2 Å². The zero-order chi connectivity index (χ0) is 34.8. The molecule has 3 N–H and O–H groups in total. The van der Waals surface area contributed by atoms with Gasteiger partial charge < -0.3 is 29.2 Å². The molecule has 13 heteroatoms. The number of rotatable bonds is 12. The number of hydrogen-bond acceptors (Lipinski definition) is 11. The Balaban J connectivity index is 0.877. The van der Waals surface area contributed by atoms with E-state index in [1.54, 1.807) is 54.6 Å². The van der Waals surface area contributed by atoms with Gasteiger partial charge >= 0.3 is 0 Å². The summed E-state index contributed by atoms with van der Waals surface area (Å²) in [6.07, 6.45) is 0.140. The maximum absolute atomic E-state index is 13.0. The third-order valence-electron chi connectivity index (χ3n) is 8.21. The summed E-state index contributed by atoms with van der Waals surface area (Å²) in [5.74, 6) is 0.314. The van der Waals surface area contributed by atoms with Crippen LogP contribution in [0.5, 0.6) is 34.5 Å². The Labute approximate surface area is 289 Å². The summed E-state index contributed by atoms with van der Waals surface area (Å²) >= 11 is 1.48. The van der Waals surface area contributed by atoms with Crippen LogP contribution in [0, 0.1) is 0 Å². The van der Waals surface area contributed by atoms with Gasteiger partial charge in [-0.2, -0.15) is 0 Å². The van der Waals surface area contributed by atoms with E-state index in [4.69, 9.17) is 18.9 Å². The number of hydrogen-bond donors (Lipinski definition) is 3. The van der Waals surface area contributed by atoms with Gasteiger partial charge in [-0.3, -0.25) is 29.4 Å². The van der Waals surface area contributed by atoms with Gasteiger partial charge in [0.25, 0.3) is 11.8 Å². The number of nitrogens with zero attached hydrogens (tertiary/aromatic N) is 1. The third-order valence-corrected chi connectivity index (χ3v) is 9.39. The van der Waals surface area contributed by atoms with E-state index in [1.807, 2.05) is 18.2 Å². The van der Waals surface area contributed by atoms with Crippen molar-refractivity contribution in [3.05, 3.63) is 96.1 Å². The Morgan fingerprint density at radius 2 is 1.38 bits per heavy atom. The summed E-state index contributed by atoms with van der Waals surface area (Å²) in [4.78, 5) is 51.4. The van der Waals surface area contributed by atoms with E-state index in [0.717, 1.165) is 25.4 Å². The molecule has 50 heavy (non-hydrogen) atoms. The molecule has 2 aliphatic rings. The minimum absolute atomic E-state index is 0.0522. The van der Waals surface area contributed by atoms with Gasteiger partial charge in [0.05, 0.1) is 29.2 Å². The average molecular weight is 695 g/mol. The van der Waals surface area contributed by atoms with Crippen LogP contribution in [0.2, 0.25) is 0 Å². The fourth-order valence-electron chi connectivity index (χ4n) is 5.77. The summed E-state index contributed by atoms with van der Waals surface area (Å²) in [7, 11) is 0. The fraction of sp³-hybridized carbons (Fsp3) is 0.189. The number of nitrogens with one attached hydrogen (secondary N) is 1. The van der Waals surface area contributed by atoms with Crippen LogP contribution in [-0.4, -0.2) is 71.2 Å². The molecule has 1 unspecified atom stereocenters. The smallest absolute Gasteiger partial charge is 0.262 e. The van der Waals surface area contributed by atoms with Gasteiger partial charge in [0, 0.05) is 16.5 Å². The Morgan fingerprint density at radius 1 is 0.720 bits per heavy atom. The topological polar surface area (TPSA) is 161 Å². The SMILES string of the molecule is O=C1CCC(N2C(=O)c3ccc(OCCOCCOc4ccc(Oc5c(-c6ccc(O)cc6)sc6cc(O)ccc56)cc4)cc3C2=O)C(=O)N1. The molecule has 1 atom stereocenters. The van der Waals surface area contributed by atoms with Gasteiger partial charge in [-0.1, -0.05) is 0 Å². The van der Waals surface area contributed by atoms with Crippen molar-refractivity contribution >= 4 is 45.1 Å². The number of amides is 4. The van der Waals surface area contributed by atoms with Crippen molar-refractivity contribution in [2.75, 3.05) is 26.4 Å². The first-order valence-corrected chi connectivity index (χ1v) is 16.6. The quantitative estimate of drug-likeness (QED) is 0.110. The van der Waals surface area contributed by atoms with Gasteiger partial charge in [0.2, 0.25) is 11.8 Å². The highest BCUT2D eigenvalue weighted by Gasteiger charge is 2.44. The number of imide groups is 2. The highest BCUT2D eigenvalue weighted by Crippen LogP contribution is 2.47. The van der Waals surface area contributed by atoms with Gasteiger partial charge in [-0.05, 0) is 96.9 Å². The van der Waals surface area contributed by atoms with Crippen LogP contribution in [0.3, 0.4) is 0 Å². The fourth-order valence-corrected chi connectivity index (χ4v) is 6.93. The predicted octanol–water partition coefficient (Wildman–Crippen LogP) is 5.65. The molecule has 5 aromatic rings. The molecular formula is C37H30N2O10S. The second kappa shape index (κ2) is 13.9. The standard InChI is InChI=1S/C37H30N2O10S/c40-22-3-1-21(2-4-22)34-33(28-11-5-23(41)19-31(28)50-34)49-25-8-6-24(7-9-25)47-17-15-46-16-18-48-26-10-12-27-29(20-26)37(45)39(36(27)44)30-13-14-32(42)38-35(30)43/h1-12,19-20,30,40-41H,13-18H2,(H,38,42,43). The van der Waals surface area contributed by atoms with Crippen molar-refractivity contribution in [3.63, 3.8) is 0 Å². The molecule has 1 saturated heterocycles. The summed E-state index contributed by atoms with van der Waals surface area (Å²) in [6.45, 7) is 1.02. The van der Waals surface area contributed by atoms with Crippen LogP contribution < -0.4 is 19.5 Å². The zero-order valence-corrected chi connectivity index (χ0v) is 27.2. The third kappa shape index (κ3) is 6.68. The van der Waals surface area contributed by atoms with E-state index >= 15 is 0 Å². The van der Waals surface area contributed by atoms with Crippen molar-refractivity contribution in [3.8, 4) is 44.9 Å². The summed E-state index contributed by atoms with van der Waals surface area (Å²) < 4.78 is 24.3. The second-order valence-corrected chi connectivity index (χ2v) is 12.6. The van der Waals surface area contributed by atoms with E-state index in [9.17, 15) is 29.4 Å². The largest absolute Gasteiger partial charge is 0.508 e. The molecule has 1 aromatic heterocycles. The number of benzene rings is 4. The van der Waals surface area contributed by atoms with Gasteiger partial charge in [-0.25, -0.2) is 0 Å². The van der Waals surface area contributed by atoms with Crippen LogP contribution in [-0.2, 0) is 14.3 Å². The van der Waals surface area contributed by atoms with Crippen molar-refractivity contribution in [2.45, 2.75) is 18.9 Å². The lowest BCUT2D eigenvalue weighted by atomic mass is 10.0. The number of phenolic OH excluding ortho intramolecular Hbond substituents is 2. The van der Waals surface area contributed by atoms with E-state index in [-0.39, 0.29) is 55.3 Å². The Hall–Kier alpha value is -5.92. The lowest BCUT2D eigenvalue weighted by Crippen LogP contribution is -2.54. The number of ether oxygens (including phenoxy) is 4. The first-order valence-electron chi connectivity index (χ1n) is 15.8. The molecule has 1 fully saturated rings. The Kier molecular flexibility index (Phi) is 9.07. The number of piperidine rings is 1. The highest BCUT2D eigenvalue weighted by molar-refractivity contribution is 7.22. The predicted molar refractivity (Wildman–Crippen MR) is 182 cm³/mol. The van der Waals surface area contributed by atoms with Crippen LogP contribution >= 0.6 is 11.3 Å². The molecule has 0 saturated carbocycles. The molecule has 0 bridgehead atoms. The molecule has 2 aliphatic heterocycles. The van der Waals surface area contributed by atoms with Gasteiger partial charge in [-0.15, -0.1) is 11.3 Å². The van der Waals surface area contributed by atoms with Crippen LogP contribution in [0.15, 0.2) is 84.9 Å². The van der Waals surface area contributed by atoms with Crippen LogP contribution in [0.25, 0.3) is 20.5 Å². The number of carbonyl (C=O) groups is 4. The maximum Gasteiger partial charge on any atom is 0.262 e. The number of fused-ring (bicyclic) bond motifs is 2. The number of aromatic hydroxyl groups is 2. The average Bonchev–Trinajstić information content (AvgIpc) is 3.58. The molecule has 0 spiro atoms. The Morgan fingerprint density at radius 3 is 2.12 bits per heavy atom. The summed E-state index contributed by atoms with van der Waals surface area (Å²) in [5, 5.41) is 22.8. The van der Waals surface area contributed by atoms with Crippen LogP contribution in [0.4, 0.5) is 0 Å². The Bertz CT molecular complexity index is 2110. The summed E-state index contributed by atoms with van der Waals surface area (Å²) in [6, 6.07) is 22.7. The number of thiophene rings is 1. The van der Waals surface area contributed by atoms with E-state index in [2.05, 4.69) is 5.32 Å². The normalized spacial score (nSPS) is 15.7. The van der Waals surface area contributed by atoms with Gasteiger partial charge in [0.1, 0.15) is 48.0 Å². The molecule has 4 amide bonds. The molecule has 3 heterocycles. The molecule has 7 rings (SSSR count). The first kappa shape index (κ1) is 32.6. The van der Waals surface area contributed by atoms with E-state index < -0.39 is 29.7 Å². The first-order chi connectivity index (χ1) is 24.2. The van der Waals surface area contributed by atoms with Gasteiger partial charge in [0.15, 0.2) is 5.75 Å². The lowest BCUT2D eigenvalue weighted by molar-refractivity contribution is -0.136. The monoisotopic (exact) mass is 694 g/mol. The molecule has 4 aromatic carbocycles.